The molecule has 0 aliphatic carbocycles. The van der Waals surface area contributed by atoms with Gasteiger partial charge in [-0.2, -0.15) is 0 Å². The molecule has 0 saturated carbocycles. The normalized spacial score (nSPS) is 15.7. The van der Waals surface area contributed by atoms with Crippen LogP contribution in [0.15, 0.2) is 48.5 Å². The number of carbonyl (C=O) groups is 2. The number of amides is 2. The van der Waals surface area contributed by atoms with Crippen LogP contribution in [0.1, 0.15) is 11.6 Å². The Kier molecular flexibility index (Phi) is 7.86. The molecule has 0 aromatic heterocycles. The third kappa shape index (κ3) is 6.19. The van der Waals surface area contributed by atoms with Crippen LogP contribution in [-0.4, -0.2) is 75.6 Å². The molecule has 1 saturated heterocycles. The number of nitrogens with one attached hydrogen (secondary N) is 2. The van der Waals surface area contributed by atoms with Crippen molar-refractivity contribution in [2.45, 2.75) is 6.04 Å². The topological polar surface area (TPSA) is 83.1 Å². The maximum atomic E-state index is 12.4. The van der Waals surface area contributed by atoms with Gasteiger partial charge in [0.1, 0.15) is 11.5 Å². The zero-order valence-corrected chi connectivity index (χ0v) is 18.3. The molecule has 31 heavy (non-hydrogen) atoms. The zero-order valence-electron chi connectivity index (χ0n) is 18.3. The van der Waals surface area contributed by atoms with Crippen LogP contribution < -0.4 is 20.1 Å². The van der Waals surface area contributed by atoms with Gasteiger partial charge in [0.05, 0.1) is 20.3 Å². The van der Waals surface area contributed by atoms with Gasteiger partial charge in [0.15, 0.2) is 0 Å². The first-order valence-corrected chi connectivity index (χ1v) is 10.3. The third-order valence-corrected chi connectivity index (χ3v) is 5.49. The molecule has 8 nitrogen and oxygen atoms in total. The second-order valence-corrected chi connectivity index (χ2v) is 7.52. The van der Waals surface area contributed by atoms with E-state index >= 15 is 0 Å². The van der Waals surface area contributed by atoms with E-state index in [-0.39, 0.29) is 6.04 Å². The fraction of sp³-hybridized carbons (Fsp3) is 0.391. The molecular formula is C23H30N4O4. The van der Waals surface area contributed by atoms with Gasteiger partial charge in [-0.3, -0.25) is 14.5 Å². The monoisotopic (exact) mass is 426 g/mol. The van der Waals surface area contributed by atoms with Crippen LogP contribution >= 0.6 is 0 Å². The Morgan fingerprint density at radius 3 is 1.97 bits per heavy atom. The summed E-state index contributed by atoms with van der Waals surface area (Å²) < 4.78 is 10.4. The molecular weight excluding hydrogens is 396 g/mol. The molecule has 1 aliphatic heterocycles. The number of carbonyl (C=O) groups excluding carboxylic acids is 2. The van der Waals surface area contributed by atoms with Gasteiger partial charge >= 0.3 is 11.8 Å². The summed E-state index contributed by atoms with van der Waals surface area (Å²) in [6.45, 7) is 4.03. The summed E-state index contributed by atoms with van der Waals surface area (Å²) in [5.41, 5.74) is 1.60. The van der Waals surface area contributed by atoms with Crippen LogP contribution in [0.4, 0.5) is 5.69 Å². The molecule has 0 radical (unpaired) electrons. The number of likely N-dealkylation sites (N-methyl/N-ethyl adjacent to an activating group) is 1. The number of ether oxygens (including phenoxy) is 2. The molecule has 1 atom stereocenters. The molecule has 0 unspecified atom stereocenters. The van der Waals surface area contributed by atoms with E-state index in [1.807, 2.05) is 24.3 Å². The largest absolute Gasteiger partial charge is 0.497 e. The van der Waals surface area contributed by atoms with Crippen LogP contribution in [-0.2, 0) is 9.59 Å². The molecule has 1 fully saturated rings. The predicted octanol–water partition coefficient (Wildman–Crippen LogP) is 1.75. The Hall–Kier alpha value is -3.10. The average molecular weight is 427 g/mol. The van der Waals surface area contributed by atoms with Crippen molar-refractivity contribution in [1.82, 2.24) is 15.1 Å². The molecule has 2 aromatic carbocycles. The Morgan fingerprint density at radius 2 is 1.42 bits per heavy atom. The summed E-state index contributed by atoms with van der Waals surface area (Å²) in [7, 11) is 5.31. The van der Waals surface area contributed by atoms with Crippen molar-refractivity contribution >= 4 is 17.5 Å². The van der Waals surface area contributed by atoms with Crippen LogP contribution in [0.25, 0.3) is 0 Å². The van der Waals surface area contributed by atoms with Gasteiger partial charge in [-0.1, -0.05) is 12.1 Å². The highest BCUT2D eigenvalue weighted by Gasteiger charge is 2.25. The highest BCUT2D eigenvalue weighted by atomic mass is 16.5. The summed E-state index contributed by atoms with van der Waals surface area (Å²) in [6.07, 6.45) is 0. The van der Waals surface area contributed by atoms with Crippen molar-refractivity contribution in [2.24, 2.45) is 0 Å². The van der Waals surface area contributed by atoms with E-state index in [4.69, 9.17) is 9.47 Å². The van der Waals surface area contributed by atoms with E-state index in [0.29, 0.717) is 18.0 Å². The zero-order chi connectivity index (χ0) is 22.2. The number of piperazine rings is 1. The van der Waals surface area contributed by atoms with Gasteiger partial charge in [0.25, 0.3) is 0 Å². The van der Waals surface area contributed by atoms with Crippen molar-refractivity contribution in [2.75, 3.05) is 59.3 Å². The standard InChI is InChI=1S/C23H30N4O4/c1-26-12-14-27(15-13-26)21(17-4-8-19(30-2)9-5-17)16-24-22(28)23(29)25-18-6-10-20(31-3)11-7-18/h4-11,21H,12-16H2,1-3H3,(H,24,28)(H,25,29)/t21-/m0/s1. The van der Waals surface area contributed by atoms with Crippen molar-refractivity contribution in [3.05, 3.63) is 54.1 Å². The van der Waals surface area contributed by atoms with Gasteiger partial charge in [-0.25, -0.2) is 0 Å². The molecule has 2 amide bonds. The Labute approximate surface area is 183 Å². The van der Waals surface area contributed by atoms with E-state index in [0.717, 1.165) is 37.5 Å². The Balaban J connectivity index is 1.63. The molecule has 3 rings (SSSR count). The number of rotatable bonds is 7. The van der Waals surface area contributed by atoms with Gasteiger partial charge in [0.2, 0.25) is 0 Å². The number of hydrogen-bond acceptors (Lipinski definition) is 6. The van der Waals surface area contributed by atoms with E-state index in [9.17, 15) is 9.59 Å². The lowest BCUT2D eigenvalue weighted by molar-refractivity contribution is -0.136. The minimum atomic E-state index is -0.697. The molecule has 166 valence electrons. The smallest absolute Gasteiger partial charge is 0.313 e. The molecule has 0 spiro atoms. The summed E-state index contributed by atoms with van der Waals surface area (Å²) in [5.74, 6) is 0.0984. The Morgan fingerprint density at radius 1 is 0.871 bits per heavy atom. The number of hydrogen-bond donors (Lipinski definition) is 2. The van der Waals surface area contributed by atoms with Gasteiger partial charge in [0, 0.05) is 38.4 Å². The van der Waals surface area contributed by atoms with E-state index in [1.165, 1.54) is 0 Å². The van der Waals surface area contributed by atoms with Crippen molar-refractivity contribution in [1.29, 1.82) is 0 Å². The summed E-state index contributed by atoms with van der Waals surface area (Å²) >= 11 is 0. The molecule has 1 heterocycles. The lowest BCUT2D eigenvalue weighted by Gasteiger charge is -2.38. The summed E-state index contributed by atoms with van der Waals surface area (Å²) in [6, 6.07) is 14.6. The second-order valence-electron chi connectivity index (χ2n) is 7.52. The number of benzene rings is 2. The quantitative estimate of drug-likeness (QED) is 0.657. The van der Waals surface area contributed by atoms with Crippen molar-refractivity contribution in [3.63, 3.8) is 0 Å². The molecule has 1 aliphatic rings. The third-order valence-electron chi connectivity index (χ3n) is 5.49. The van der Waals surface area contributed by atoms with E-state index < -0.39 is 11.8 Å². The number of nitrogens with zero attached hydrogens (tertiary/aromatic N) is 2. The van der Waals surface area contributed by atoms with Crippen molar-refractivity contribution in [3.8, 4) is 11.5 Å². The molecule has 2 N–H and O–H groups in total. The van der Waals surface area contributed by atoms with Crippen LogP contribution in [0.3, 0.4) is 0 Å². The maximum absolute atomic E-state index is 12.4. The second kappa shape index (κ2) is 10.8. The number of anilines is 1. The molecule has 0 bridgehead atoms. The fourth-order valence-electron chi connectivity index (χ4n) is 3.55. The maximum Gasteiger partial charge on any atom is 0.313 e. The molecule has 2 aromatic rings. The van der Waals surface area contributed by atoms with Gasteiger partial charge < -0.3 is 25.0 Å². The SMILES string of the molecule is COc1ccc(NC(=O)C(=O)NC[C@@H](c2ccc(OC)cc2)N2CCN(C)CC2)cc1. The van der Waals surface area contributed by atoms with E-state index in [1.54, 1.807) is 38.5 Å². The molecule has 8 heteroatoms. The highest BCUT2D eigenvalue weighted by molar-refractivity contribution is 6.39. The highest BCUT2D eigenvalue weighted by Crippen LogP contribution is 2.24. The summed E-state index contributed by atoms with van der Waals surface area (Å²) in [5, 5.41) is 5.41. The first-order valence-electron chi connectivity index (χ1n) is 10.3. The minimum Gasteiger partial charge on any atom is -0.497 e. The van der Waals surface area contributed by atoms with Crippen LogP contribution in [0.5, 0.6) is 11.5 Å². The number of methoxy groups -OCH3 is 2. The summed E-state index contributed by atoms with van der Waals surface area (Å²) in [4.78, 5) is 29.4. The van der Waals surface area contributed by atoms with Gasteiger partial charge in [-0.05, 0) is 49.0 Å². The van der Waals surface area contributed by atoms with Gasteiger partial charge in [-0.15, -0.1) is 0 Å². The lowest BCUT2D eigenvalue weighted by Crippen LogP contribution is -2.49. The lowest BCUT2D eigenvalue weighted by atomic mass is 10.0. The van der Waals surface area contributed by atoms with Crippen LogP contribution in [0.2, 0.25) is 0 Å². The first kappa shape index (κ1) is 22.6. The Bertz CT molecular complexity index is 862. The minimum absolute atomic E-state index is 0.0302. The van der Waals surface area contributed by atoms with Crippen molar-refractivity contribution < 1.29 is 19.1 Å². The predicted molar refractivity (Wildman–Crippen MR) is 119 cm³/mol. The fourth-order valence-corrected chi connectivity index (χ4v) is 3.55. The van der Waals surface area contributed by atoms with E-state index in [2.05, 4.69) is 27.5 Å². The van der Waals surface area contributed by atoms with Crippen LogP contribution in [0, 0.1) is 0 Å². The average Bonchev–Trinajstić information content (AvgIpc) is 2.81. The first-order chi connectivity index (χ1) is 15.0.